The van der Waals surface area contributed by atoms with Gasteiger partial charge >= 0.3 is 0 Å². The molecule has 3 heterocycles. The van der Waals surface area contributed by atoms with Gasteiger partial charge in [0, 0.05) is 25.9 Å². The molecule has 1 atom stereocenters. The Morgan fingerprint density at radius 2 is 2.32 bits per heavy atom. The molecule has 7 nitrogen and oxygen atoms in total. The number of hydrogen-bond donors (Lipinski definition) is 1. The second-order valence-corrected chi connectivity index (χ2v) is 6.85. The molecule has 0 aromatic carbocycles. The zero-order valence-electron chi connectivity index (χ0n) is 14.4. The molecule has 0 spiro atoms. The van der Waals surface area contributed by atoms with Gasteiger partial charge in [0.2, 0.25) is 5.13 Å². The molecule has 3 rings (SSSR count). The average Bonchev–Trinajstić information content (AvgIpc) is 3.03. The first-order valence-electron chi connectivity index (χ1n) is 8.66. The van der Waals surface area contributed by atoms with Crippen molar-refractivity contribution in [2.45, 2.75) is 38.7 Å². The quantitative estimate of drug-likeness (QED) is 0.852. The molecule has 134 valence electrons. The van der Waals surface area contributed by atoms with E-state index in [4.69, 9.17) is 4.74 Å². The normalized spacial score (nSPS) is 18.0. The molecule has 8 heteroatoms. The Morgan fingerprint density at radius 1 is 1.40 bits per heavy atom. The molecule has 0 bridgehead atoms. The van der Waals surface area contributed by atoms with Crippen LogP contribution in [0.4, 0.5) is 10.9 Å². The number of carbonyl (C=O) groups excluding carboxylic acids is 1. The van der Waals surface area contributed by atoms with Crippen LogP contribution in [-0.2, 0) is 4.74 Å². The summed E-state index contributed by atoms with van der Waals surface area (Å²) in [5, 5.41) is 10.7. The van der Waals surface area contributed by atoms with E-state index >= 15 is 0 Å². The van der Waals surface area contributed by atoms with E-state index in [-0.39, 0.29) is 5.91 Å². The molecule has 0 aliphatic carbocycles. The molecule has 2 aromatic heterocycles. The molecular weight excluding hydrogens is 338 g/mol. The van der Waals surface area contributed by atoms with Crippen molar-refractivity contribution in [2.24, 2.45) is 0 Å². The third-order valence-electron chi connectivity index (χ3n) is 4.15. The zero-order valence-corrected chi connectivity index (χ0v) is 15.2. The van der Waals surface area contributed by atoms with Gasteiger partial charge in [-0.25, -0.2) is 4.98 Å². The lowest BCUT2D eigenvalue weighted by molar-refractivity contribution is 0.0461. The largest absolute Gasteiger partial charge is 0.378 e. The number of nitrogens with zero attached hydrogens (tertiary/aromatic N) is 4. The Kier molecular flexibility index (Phi) is 6.30. The number of anilines is 2. The number of pyridine rings is 1. The van der Waals surface area contributed by atoms with Crippen molar-refractivity contribution in [3.05, 3.63) is 29.4 Å². The highest BCUT2D eigenvalue weighted by molar-refractivity contribution is 7.13. The van der Waals surface area contributed by atoms with Crippen LogP contribution in [0.5, 0.6) is 0 Å². The summed E-state index contributed by atoms with van der Waals surface area (Å²) in [7, 11) is 0. The fourth-order valence-electron chi connectivity index (χ4n) is 2.85. The van der Waals surface area contributed by atoms with Gasteiger partial charge in [0.25, 0.3) is 5.91 Å². The van der Waals surface area contributed by atoms with Crippen LogP contribution in [0.2, 0.25) is 0 Å². The Morgan fingerprint density at radius 3 is 3.04 bits per heavy atom. The Balaban J connectivity index is 1.57. The third-order valence-corrected chi connectivity index (χ3v) is 4.75. The van der Waals surface area contributed by atoms with E-state index < -0.39 is 0 Å². The molecule has 2 aromatic rings. The summed E-state index contributed by atoms with van der Waals surface area (Å²) in [5.41, 5.74) is 2.09. The minimum absolute atomic E-state index is 0.223. The highest BCUT2D eigenvalue weighted by atomic mass is 32.1. The van der Waals surface area contributed by atoms with E-state index in [0.717, 1.165) is 51.2 Å². The van der Waals surface area contributed by atoms with Crippen LogP contribution in [0.25, 0.3) is 0 Å². The maximum atomic E-state index is 12.2. The number of ether oxygens (including phenoxy) is 1. The van der Waals surface area contributed by atoms with Crippen molar-refractivity contribution < 1.29 is 9.53 Å². The van der Waals surface area contributed by atoms with E-state index in [1.54, 1.807) is 17.8 Å². The van der Waals surface area contributed by atoms with Gasteiger partial charge < -0.3 is 9.64 Å². The molecule has 1 fully saturated rings. The lowest BCUT2D eigenvalue weighted by atomic mass is 10.2. The lowest BCUT2D eigenvalue weighted by Gasteiger charge is -2.21. The number of amides is 1. The number of carbonyl (C=O) groups is 1. The summed E-state index contributed by atoms with van der Waals surface area (Å²) in [6.07, 6.45) is 6.22. The van der Waals surface area contributed by atoms with Gasteiger partial charge in [-0.1, -0.05) is 18.3 Å². The van der Waals surface area contributed by atoms with Crippen LogP contribution in [0.3, 0.4) is 0 Å². The average molecular weight is 361 g/mol. The standard InChI is InChI=1S/C17H23N5O2S/c1-2-10-24-14-4-3-8-22(9-7-14)15-6-5-13(11-18-15)16(23)20-17-21-19-12-25-17/h5-6,11-12,14H,2-4,7-10H2,1H3,(H,20,21,23). The summed E-state index contributed by atoms with van der Waals surface area (Å²) in [5.74, 6) is 0.684. The van der Waals surface area contributed by atoms with Crippen LogP contribution >= 0.6 is 11.3 Å². The van der Waals surface area contributed by atoms with Gasteiger partial charge in [0.15, 0.2) is 0 Å². The summed E-state index contributed by atoms with van der Waals surface area (Å²) in [6, 6.07) is 3.71. The number of rotatable bonds is 6. The second kappa shape index (κ2) is 8.87. The fraction of sp³-hybridized carbons (Fsp3) is 0.529. The van der Waals surface area contributed by atoms with Crippen molar-refractivity contribution in [3.63, 3.8) is 0 Å². The predicted octanol–water partition coefficient (Wildman–Crippen LogP) is 2.97. The molecular formula is C17H23N5O2S. The summed E-state index contributed by atoms with van der Waals surface area (Å²) in [6.45, 7) is 4.87. The van der Waals surface area contributed by atoms with Gasteiger partial charge in [0.1, 0.15) is 11.3 Å². The van der Waals surface area contributed by atoms with Crippen LogP contribution in [0, 0.1) is 0 Å². The molecule has 1 amide bonds. The minimum Gasteiger partial charge on any atom is -0.378 e. The first-order chi connectivity index (χ1) is 12.3. The smallest absolute Gasteiger partial charge is 0.259 e. The van der Waals surface area contributed by atoms with Crippen molar-refractivity contribution in [1.29, 1.82) is 0 Å². The minimum atomic E-state index is -0.223. The van der Waals surface area contributed by atoms with Gasteiger partial charge in [-0.05, 0) is 37.8 Å². The molecule has 1 N–H and O–H groups in total. The maximum Gasteiger partial charge on any atom is 0.259 e. The highest BCUT2D eigenvalue weighted by Crippen LogP contribution is 2.20. The molecule has 1 aliphatic heterocycles. The fourth-order valence-corrected chi connectivity index (χ4v) is 3.29. The van der Waals surface area contributed by atoms with E-state index in [1.165, 1.54) is 11.3 Å². The second-order valence-electron chi connectivity index (χ2n) is 6.01. The van der Waals surface area contributed by atoms with E-state index in [9.17, 15) is 4.79 Å². The van der Waals surface area contributed by atoms with Crippen molar-refractivity contribution >= 4 is 28.2 Å². The zero-order chi connectivity index (χ0) is 17.5. The van der Waals surface area contributed by atoms with Crippen molar-refractivity contribution in [2.75, 3.05) is 29.9 Å². The van der Waals surface area contributed by atoms with Crippen LogP contribution in [0.1, 0.15) is 43.0 Å². The van der Waals surface area contributed by atoms with Crippen molar-refractivity contribution in [3.8, 4) is 0 Å². The number of hydrogen-bond acceptors (Lipinski definition) is 7. The molecule has 0 radical (unpaired) electrons. The highest BCUT2D eigenvalue weighted by Gasteiger charge is 2.18. The summed E-state index contributed by atoms with van der Waals surface area (Å²) in [4.78, 5) is 18.9. The Hall–Kier alpha value is -2.06. The molecule has 1 aliphatic rings. The van der Waals surface area contributed by atoms with Gasteiger partial charge in [-0.2, -0.15) is 0 Å². The van der Waals surface area contributed by atoms with Crippen LogP contribution in [0.15, 0.2) is 23.8 Å². The van der Waals surface area contributed by atoms with Gasteiger partial charge in [-0.15, -0.1) is 10.2 Å². The van der Waals surface area contributed by atoms with Crippen LogP contribution < -0.4 is 10.2 Å². The van der Waals surface area contributed by atoms with E-state index in [1.807, 2.05) is 6.07 Å². The van der Waals surface area contributed by atoms with Gasteiger partial charge in [-0.3, -0.25) is 10.1 Å². The monoisotopic (exact) mass is 361 g/mol. The Labute approximate surface area is 151 Å². The first kappa shape index (κ1) is 17.8. The van der Waals surface area contributed by atoms with Gasteiger partial charge in [0.05, 0.1) is 11.7 Å². The summed E-state index contributed by atoms with van der Waals surface area (Å²) >= 11 is 1.29. The third kappa shape index (κ3) is 4.96. The lowest BCUT2D eigenvalue weighted by Crippen LogP contribution is -2.26. The molecule has 1 saturated heterocycles. The number of nitrogens with one attached hydrogen (secondary N) is 1. The maximum absolute atomic E-state index is 12.2. The number of aromatic nitrogens is 3. The molecule has 25 heavy (non-hydrogen) atoms. The topological polar surface area (TPSA) is 80.2 Å². The Bertz CT molecular complexity index is 662. The molecule has 0 saturated carbocycles. The predicted molar refractivity (Wildman–Crippen MR) is 98.2 cm³/mol. The first-order valence-corrected chi connectivity index (χ1v) is 9.54. The SMILES string of the molecule is CCCOC1CCCN(c2ccc(C(=O)Nc3nncs3)cn2)CC1. The molecule has 1 unspecified atom stereocenters. The summed E-state index contributed by atoms with van der Waals surface area (Å²) < 4.78 is 5.89. The van der Waals surface area contributed by atoms with Crippen LogP contribution in [-0.4, -0.2) is 46.9 Å². The van der Waals surface area contributed by atoms with E-state index in [2.05, 4.69) is 32.3 Å². The van der Waals surface area contributed by atoms with E-state index in [0.29, 0.717) is 16.8 Å². The van der Waals surface area contributed by atoms with Crippen molar-refractivity contribution in [1.82, 2.24) is 15.2 Å².